The lowest BCUT2D eigenvalue weighted by atomic mass is 10.2. The molecule has 0 N–H and O–H groups in total. The lowest BCUT2D eigenvalue weighted by molar-refractivity contribution is -0.121. The van der Waals surface area contributed by atoms with Crippen LogP contribution in [0.1, 0.15) is 5.56 Å². The van der Waals surface area contributed by atoms with Gasteiger partial charge in [0, 0.05) is 11.6 Å². The van der Waals surface area contributed by atoms with E-state index in [9.17, 15) is 13.2 Å². The summed E-state index contributed by atoms with van der Waals surface area (Å²) in [5.74, 6) is 0.00109. The molecule has 6 nitrogen and oxygen atoms in total. The van der Waals surface area contributed by atoms with Gasteiger partial charge in [0.2, 0.25) is 0 Å². The first-order valence-corrected chi connectivity index (χ1v) is 11.5. The predicted octanol–water partition coefficient (Wildman–Crippen LogP) is 4.50. The summed E-state index contributed by atoms with van der Waals surface area (Å²) in [5, 5.41) is 0.411. The maximum absolute atomic E-state index is 12.5. The van der Waals surface area contributed by atoms with Gasteiger partial charge in [-0.15, -0.1) is 6.58 Å². The molecule has 0 spiro atoms. The van der Waals surface area contributed by atoms with Crippen LogP contribution in [0.15, 0.2) is 64.9 Å². The molecule has 10 heteroatoms. The minimum absolute atomic E-state index is 0.0174. The van der Waals surface area contributed by atoms with Gasteiger partial charge in [0.05, 0.1) is 12.0 Å². The van der Waals surface area contributed by atoms with Gasteiger partial charge in [0.15, 0.2) is 11.5 Å². The molecule has 0 bridgehead atoms. The number of rotatable bonds is 7. The summed E-state index contributed by atoms with van der Waals surface area (Å²) in [5.41, 5.74) is 0.627. The zero-order valence-electron chi connectivity index (χ0n) is 15.7. The van der Waals surface area contributed by atoms with Crippen molar-refractivity contribution in [1.82, 2.24) is 4.90 Å². The molecule has 0 unspecified atom stereocenters. The van der Waals surface area contributed by atoms with Crippen molar-refractivity contribution in [3.63, 3.8) is 0 Å². The summed E-state index contributed by atoms with van der Waals surface area (Å²) in [6, 6.07) is 10.3. The lowest BCUT2D eigenvalue weighted by Crippen LogP contribution is -2.27. The molecule has 156 valence electrons. The second kappa shape index (κ2) is 9.22. The Kier molecular flexibility index (Phi) is 6.87. The minimum Gasteiger partial charge on any atom is -0.493 e. The third-order valence-electron chi connectivity index (χ3n) is 3.97. The number of methoxy groups -OCH3 is 1. The van der Waals surface area contributed by atoms with Crippen LogP contribution in [0.25, 0.3) is 6.08 Å². The number of hydrogen-bond acceptors (Lipinski definition) is 7. The number of thioether (sulfide) groups is 1. The van der Waals surface area contributed by atoms with Crippen LogP contribution in [-0.2, 0) is 14.9 Å². The monoisotopic (exact) mass is 481 g/mol. The van der Waals surface area contributed by atoms with Gasteiger partial charge in [0.25, 0.3) is 5.91 Å². The van der Waals surface area contributed by atoms with Gasteiger partial charge < -0.3 is 8.92 Å². The number of hydrogen-bond donors (Lipinski definition) is 0. The zero-order chi connectivity index (χ0) is 21.9. The number of benzene rings is 2. The van der Waals surface area contributed by atoms with Crippen LogP contribution in [0.2, 0.25) is 5.02 Å². The molecular weight excluding hydrogens is 466 g/mol. The number of ether oxygens (including phenoxy) is 1. The molecule has 0 saturated carbocycles. The number of carbonyl (C=O) groups is 1. The van der Waals surface area contributed by atoms with Gasteiger partial charge in [-0.3, -0.25) is 9.69 Å². The summed E-state index contributed by atoms with van der Waals surface area (Å²) in [7, 11) is -2.68. The van der Waals surface area contributed by atoms with Gasteiger partial charge in [-0.2, -0.15) is 8.42 Å². The largest absolute Gasteiger partial charge is 0.493 e. The van der Waals surface area contributed by atoms with Gasteiger partial charge in [-0.05, 0) is 48.0 Å². The predicted molar refractivity (Wildman–Crippen MR) is 122 cm³/mol. The van der Waals surface area contributed by atoms with Crippen molar-refractivity contribution in [3.05, 3.63) is 70.6 Å². The molecule has 1 amide bonds. The Labute approximate surface area is 189 Å². The van der Waals surface area contributed by atoms with Gasteiger partial charge in [0.1, 0.15) is 9.22 Å². The molecule has 30 heavy (non-hydrogen) atoms. The van der Waals surface area contributed by atoms with Crippen molar-refractivity contribution in [1.29, 1.82) is 0 Å². The molecule has 0 radical (unpaired) electrons. The first-order chi connectivity index (χ1) is 14.2. The Morgan fingerprint density at radius 1 is 1.20 bits per heavy atom. The Hall–Kier alpha value is -2.33. The van der Waals surface area contributed by atoms with Crippen molar-refractivity contribution in [2.24, 2.45) is 0 Å². The van der Waals surface area contributed by atoms with Gasteiger partial charge in [-0.25, -0.2) is 0 Å². The minimum atomic E-state index is -4.07. The molecule has 2 aromatic rings. The van der Waals surface area contributed by atoms with Crippen LogP contribution in [0, 0.1) is 0 Å². The summed E-state index contributed by atoms with van der Waals surface area (Å²) < 4.78 is 36.0. The zero-order valence-corrected chi connectivity index (χ0v) is 18.9. The Morgan fingerprint density at radius 3 is 2.53 bits per heavy atom. The van der Waals surface area contributed by atoms with E-state index < -0.39 is 10.1 Å². The highest BCUT2D eigenvalue weighted by Gasteiger charge is 2.31. The SMILES string of the molecule is C=CCN1C(=O)/C(=C/c2ccc(OS(=O)(=O)c3ccc(Cl)cc3)c(OC)c2)SC1=S. The van der Waals surface area contributed by atoms with Crippen molar-refractivity contribution >= 4 is 62.0 Å². The van der Waals surface area contributed by atoms with E-state index in [0.717, 1.165) is 0 Å². The summed E-state index contributed by atoms with van der Waals surface area (Å²) in [6.07, 6.45) is 3.26. The van der Waals surface area contributed by atoms with Crippen LogP contribution >= 0.6 is 35.6 Å². The Bertz CT molecular complexity index is 1140. The third kappa shape index (κ3) is 4.86. The van der Waals surface area contributed by atoms with Crippen LogP contribution in [-0.4, -0.2) is 37.2 Å². The molecular formula is C20H16ClNO5S3. The van der Waals surface area contributed by atoms with Crippen molar-refractivity contribution in [2.45, 2.75) is 4.90 Å². The van der Waals surface area contributed by atoms with E-state index in [1.54, 1.807) is 24.3 Å². The maximum atomic E-state index is 12.5. The molecule has 0 aliphatic carbocycles. The van der Waals surface area contributed by atoms with Gasteiger partial charge >= 0.3 is 10.1 Å². The van der Waals surface area contributed by atoms with Crippen molar-refractivity contribution < 1.29 is 22.1 Å². The number of halogens is 1. The Morgan fingerprint density at radius 2 is 1.90 bits per heavy atom. The van der Waals surface area contributed by atoms with Gasteiger partial charge in [-0.1, -0.05) is 47.7 Å². The lowest BCUT2D eigenvalue weighted by Gasteiger charge is -2.12. The summed E-state index contributed by atoms with van der Waals surface area (Å²) in [4.78, 5) is 14.3. The van der Waals surface area contributed by atoms with Crippen LogP contribution < -0.4 is 8.92 Å². The average Bonchev–Trinajstić information content (AvgIpc) is 2.97. The van der Waals surface area contributed by atoms with E-state index in [-0.39, 0.29) is 22.3 Å². The molecule has 0 atom stereocenters. The smallest absolute Gasteiger partial charge is 0.339 e. The van der Waals surface area contributed by atoms with Crippen LogP contribution in [0.4, 0.5) is 0 Å². The standard InChI is InChI=1S/C20H16ClNO5S3/c1-3-10-22-19(23)18(29-20(22)28)12-13-4-9-16(17(11-13)26-2)27-30(24,25)15-7-5-14(21)6-8-15/h3-9,11-12H,1,10H2,2H3/b18-12-. The van der Waals surface area contributed by atoms with E-state index in [2.05, 4.69) is 6.58 Å². The highest BCUT2D eigenvalue weighted by molar-refractivity contribution is 8.26. The highest BCUT2D eigenvalue weighted by atomic mass is 35.5. The maximum Gasteiger partial charge on any atom is 0.339 e. The number of nitrogens with zero attached hydrogens (tertiary/aromatic N) is 1. The molecule has 0 aromatic heterocycles. The molecule has 1 aliphatic heterocycles. The molecule has 1 aliphatic rings. The fourth-order valence-corrected chi connectivity index (χ4v) is 4.89. The van der Waals surface area contributed by atoms with Crippen molar-refractivity contribution in [3.8, 4) is 11.5 Å². The number of carbonyl (C=O) groups excluding carboxylic acids is 1. The first kappa shape index (κ1) is 22.4. The molecule has 2 aromatic carbocycles. The molecule has 3 rings (SSSR count). The Balaban J connectivity index is 1.87. The normalized spacial score (nSPS) is 15.5. The second-order valence-electron chi connectivity index (χ2n) is 5.98. The second-order valence-corrected chi connectivity index (χ2v) is 9.64. The van der Waals surface area contributed by atoms with E-state index in [1.165, 1.54) is 54.1 Å². The molecule has 1 fully saturated rings. The number of amides is 1. The average molecular weight is 482 g/mol. The molecule has 1 heterocycles. The third-order valence-corrected chi connectivity index (χ3v) is 6.85. The highest BCUT2D eigenvalue weighted by Crippen LogP contribution is 2.35. The van der Waals surface area contributed by atoms with E-state index >= 15 is 0 Å². The first-order valence-electron chi connectivity index (χ1n) is 8.49. The number of thiocarbonyl (C=S) groups is 1. The quantitative estimate of drug-likeness (QED) is 0.249. The van der Waals surface area contributed by atoms with E-state index in [1.807, 2.05) is 0 Å². The topological polar surface area (TPSA) is 72.9 Å². The van der Waals surface area contributed by atoms with Crippen LogP contribution in [0.5, 0.6) is 11.5 Å². The summed E-state index contributed by atoms with van der Waals surface area (Å²) >= 11 is 12.2. The van der Waals surface area contributed by atoms with Crippen LogP contribution in [0.3, 0.4) is 0 Å². The summed E-state index contributed by atoms with van der Waals surface area (Å²) in [6.45, 7) is 3.96. The van der Waals surface area contributed by atoms with Crippen molar-refractivity contribution in [2.75, 3.05) is 13.7 Å². The fourth-order valence-electron chi connectivity index (χ4n) is 2.55. The van der Waals surface area contributed by atoms with E-state index in [4.69, 9.17) is 32.7 Å². The van der Waals surface area contributed by atoms with E-state index in [0.29, 0.717) is 26.4 Å². The molecule has 1 saturated heterocycles. The fraction of sp³-hybridized carbons (Fsp3) is 0.100.